The van der Waals surface area contributed by atoms with E-state index in [4.69, 9.17) is 19.3 Å². The van der Waals surface area contributed by atoms with Crippen LogP contribution >= 0.6 is 7.82 Å². The van der Waals surface area contributed by atoms with Gasteiger partial charge < -0.3 is 19.3 Å². The fourth-order valence-electron chi connectivity index (χ4n) is 2.81. The summed E-state index contributed by atoms with van der Waals surface area (Å²) in [6, 6.07) is 0. The molecule has 0 aromatic heterocycles. The van der Waals surface area contributed by atoms with Crippen LogP contribution < -0.4 is 0 Å². The first-order valence-corrected chi connectivity index (χ1v) is 13.0. The van der Waals surface area contributed by atoms with Gasteiger partial charge in [-0.3, -0.25) is 14.1 Å². The molecular weight excluding hydrogens is 423 g/mol. The molecule has 0 aliphatic rings. The van der Waals surface area contributed by atoms with Gasteiger partial charge in [-0.2, -0.15) is 0 Å². The third-order valence-electron chi connectivity index (χ3n) is 4.50. The number of carbonyl (C=O) groups excluding carboxylic acids is 2. The van der Waals surface area contributed by atoms with Gasteiger partial charge in [0.25, 0.3) is 0 Å². The summed E-state index contributed by atoms with van der Waals surface area (Å²) in [5.41, 5.74) is 0. The van der Waals surface area contributed by atoms with Gasteiger partial charge in [0.05, 0.1) is 6.61 Å². The van der Waals surface area contributed by atoms with E-state index in [9.17, 15) is 14.2 Å². The number of allylic oxidation sites excluding steroid dienone is 2. The van der Waals surface area contributed by atoms with Gasteiger partial charge in [0.2, 0.25) is 0 Å². The number of carbonyl (C=O) groups is 2. The van der Waals surface area contributed by atoms with E-state index in [1.165, 1.54) is 19.3 Å². The number of esters is 2. The summed E-state index contributed by atoms with van der Waals surface area (Å²) < 4.78 is 25.4. The van der Waals surface area contributed by atoms with Crippen LogP contribution in [0.5, 0.6) is 0 Å². The number of phosphoric ester groups is 1. The quantitative estimate of drug-likeness (QED) is 0.109. The summed E-state index contributed by atoms with van der Waals surface area (Å²) in [5, 5.41) is 0. The minimum absolute atomic E-state index is 0.201. The number of rotatable bonds is 20. The van der Waals surface area contributed by atoms with Crippen LogP contribution in [0.3, 0.4) is 0 Å². The van der Waals surface area contributed by atoms with Crippen molar-refractivity contribution in [3.63, 3.8) is 0 Å². The Bertz CT molecular complexity index is 544. The molecule has 0 heterocycles. The molecule has 2 N–H and O–H groups in total. The van der Waals surface area contributed by atoms with Crippen LogP contribution in [0.4, 0.5) is 0 Å². The maximum absolute atomic E-state index is 12.0. The lowest BCUT2D eigenvalue weighted by molar-refractivity contribution is -0.161. The van der Waals surface area contributed by atoms with Gasteiger partial charge in [0.1, 0.15) is 6.61 Å². The number of unbranched alkanes of at least 4 members (excludes halogenated alkanes) is 8. The van der Waals surface area contributed by atoms with Crippen molar-refractivity contribution in [3.8, 4) is 0 Å². The van der Waals surface area contributed by atoms with E-state index in [1.54, 1.807) is 0 Å². The van der Waals surface area contributed by atoms with Crippen LogP contribution in [0.15, 0.2) is 12.2 Å². The van der Waals surface area contributed by atoms with Gasteiger partial charge in [0, 0.05) is 12.8 Å². The molecule has 31 heavy (non-hydrogen) atoms. The molecule has 0 radical (unpaired) electrons. The Hall–Kier alpha value is -1.21. The monoisotopic (exact) mass is 464 g/mol. The highest BCUT2D eigenvalue weighted by Gasteiger charge is 2.22. The van der Waals surface area contributed by atoms with Crippen molar-refractivity contribution in [2.45, 2.75) is 103 Å². The molecule has 0 fully saturated rings. The van der Waals surface area contributed by atoms with Crippen molar-refractivity contribution >= 4 is 19.8 Å². The molecule has 8 nitrogen and oxygen atoms in total. The lowest BCUT2D eigenvalue weighted by Crippen LogP contribution is -2.29. The Balaban J connectivity index is 3.99. The Morgan fingerprint density at radius 3 is 2.03 bits per heavy atom. The lowest BCUT2D eigenvalue weighted by Gasteiger charge is -2.18. The summed E-state index contributed by atoms with van der Waals surface area (Å²) in [5.74, 6) is -0.962. The summed E-state index contributed by atoms with van der Waals surface area (Å²) in [7, 11) is -4.71. The van der Waals surface area contributed by atoms with Crippen molar-refractivity contribution in [3.05, 3.63) is 12.2 Å². The van der Waals surface area contributed by atoms with E-state index in [2.05, 4.69) is 23.6 Å². The normalized spacial score (nSPS) is 12.8. The van der Waals surface area contributed by atoms with E-state index < -0.39 is 32.5 Å². The molecule has 0 unspecified atom stereocenters. The van der Waals surface area contributed by atoms with Gasteiger partial charge in [-0.1, -0.05) is 58.1 Å². The van der Waals surface area contributed by atoms with Gasteiger partial charge >= 0.3 is 19.8 Å². The zero-order chi connectivity index (χ0) is 23.4. The maximum Gasteiger partial charge on any atom is 0.469 e. The Morgan fingerprint density at radius 2 is 1.42 bits per heavy atom. The predicted octanol–water partition coefficient (Wildman–Crippen LogP) is 5.22. The summed E-state index contributed by atoms with van der Waals surface area (Å²) >= 11 is 0. The lowest BCUT2D eigenvalue weighted by atomic mass is 10.1. The average Bonchev–Trinajstić information content (AvgIpc) is 2.70. The van der Waals surface area contributed by atoms with E-state index >= 15 is 0 Å². The highest BCUT2D eigenvalue weighted by molar-refractivity contribution is 7.46. The van der Waals surface area contributed by atoms with E-state index in [1.807, 2.05) is 6.92 Å². The van der Waals surface area contributed by atoms with Crippen LogP contribution in [-0.4, -0.2) is 41.0 Å². The fourth-order valence-corrected chi connectivity index (χ4v) is 3.17. The molecule has 9 heteroatoms. The topological polar surface area (TPSA) is 119 Å². The summed E-state index contributed by atoms with van der Waals surface area (Å²) in [6.07, 6.45) is 15.4. The average molecular weight is 465 g/mol. The van der Waals surface area contributed by atoms with Crippen molar-refractivity contribution in [2.75, 3.05) is 13.2 Å². The molecule has 0 aromatic rings. The zero-order valence-corrected chi connectivity index (χ0v) is 20.0. The van der Waals surface area contributed by atoms with Crippen molar-refractivity contribution in [1.29, 1.82) is 0 Å². The number of hydrogen-bond acceptors (Lipinski definition) is 6. The predicted molar refractivity (Wildman–Crippen MR) is 119 cm³/mol. The SMILES string of the molecule is CCCCC/C=C\CCCCCCCC(=O)O[C@@H](COC(=O)CCC)COP(=O)(O)O. The van der Waals surface area contributed by atoms with Crippen LogP contribution in [0, 0.1) is 0 Å². The largest absolute Gasteiger partial charge is 0.469 e. The minimum Gasteiger partial charge on any atom is -0.462 e. The second-order valence-electron chi connectivity index (χ2n) is 7.60. The highest BCUT2D eigenvalue weighted by atomic mass is 31.2. The van der Waals surface area contributed by atoms with Crippen LogP contribution in [0.1, 0.15) is 97.3 Å². The van der Waals surface area contributed by atoms with Crippen molar-refractivity contribution in [2.24, 2.45) is 0 Å². The smallest absolute Gasteiger partial charge is 0.462 e. The fraction of sp³-hybridized carbons (Fsp3) is 0.818. The van der Waals surface area contributed by atoms with Gasteiger partial charge in [0.15, 0.2) is 6.10 Å². The molecule has 0 bridgehead atoms. The van der Waals surface area contributed by atoms with Gasteiger partial charge in [-0.05, 0) is 38.5 Å². The number of ether oxygens (including phenoxy) is 2. The number of phosphoric acid groups is 1. The molecule has 0 amide bonds. The molecule has 182 valence electrons. The van der Waals surface area contributed by atoms with Crippen LogP contribution in [-0.2, 0) is 28.2 Å². The minimum atomic E-state index is -4.71. The Morgan fingerprint density at radius 1 is 0.806 bits per heavy atom. The Kier molecular flexibility index (Phi) is 18.7. The molecule has 0 spiro atoms. The molecule has 1 atom stereocenters. The summed E-state index contributed by atoms with van der Waals surface area (Å²) in [6.45, 7) is 3.19. The summed E-state index contributed by atoms with van der Waals surface area (Å²) in [4.78, 5) is 41.1. The Labute approximate surface area is 187 Å². The second-order valence-corrected chi connectivity index (χ2v) is 8.84. The second kappa shape index (κ2) is 19.5. The molecule has 0 aliphatic carbocycles. The van der Waals surface area contributed by atoms with E-state index in [-0.39, 0.29) is 19.4 Å². The van der Waals surface area contributed by atoms with Gasteiger partial charge in [-0.25, -0.2) is 4.57 Å². The van der Waals surface area contributed by atoms with Crippen molar-refractivity contribution in [1.82, 2.24) is 0 Å². The molecule has 0 saturated carbocycles. The molecular formula is C22H41O8P. The first kappa shape index (κ1) is 29.8. The molecule has 0 saturated heterocycles. The molecule has 0 aromatic carbocycles. The van der Waals surface area contributed by atoms with E-state index in [0.29, 0.717) is 12.8 Å². The first-order chi connectivity index (χ1) is 14.8. The van der Waals surface area contributed by atoms with Crippen LogP contribution in [0.25, 0.3) is 0 Å². The third kappa shape index (κ3) is 21.8. The number of hydrogen-bond donors (Lipinski definition) is 2. The zero-order valence-electron chi connectivity index (χ0n) is 19.1. The van der Waals surface area contributed by atoms with Crippen molar-refractivity contribution < 1.29 is 37.9 Å². The van der Waals surface area contributed by atoms with Crippen LogP contribution in [0.2, 0.25) is 0 Å². The van der Waals surface area contributed by atoms with E-state index in [0.717, 1.165) is 38.5 Å². The standard InChI is InChI=1S/C22H41O8P/c1-3-5-6-7-8-9-10-11-12-13-14-15-17-22(24)30-20(19-29-31(25,26)27)18-28-21(23)16-4-2/h8-9,20H,3-7,10-19H2,1-2H3,(H2,25,26,27)/b9-8-/t20-/m0/s1. The van der Waals surface area contributed by atoms with Gasteiger partial charge in [-0.15, -0.1) is 0 Å². The maximum atomic E-state index is 12.0. The molecule has 0 aliphatic heterocycles. The highest BCUT2D eigenvalue weighted by Crippen LogP contribution is 2.35. The molecule has 0 rings (SSSR count). The third-order valence-corrected chi connectivity index (χ3v) is 4.99. The first-order valence-electron chi connectivity index (χ1n) is 11.5.